The van der Waals surface area contributed by atoms with Gasteiger partial charge < -0.3 is 4.52 Å². The molecule has 0 atom stereocenters. The maximum atomic E-state index is 12.9. The molecule has 27 heavy (non-hydrogen) atoms. The highest BCUT2D eigenvalue weighted by Crippen LogP contribution is 2.29. The first-order chi connectivity index (χ1) is 12.9. The maximum absolute atomic E-state index is 12.9. The fraction of sp³-hybridized carbons (Fsp3) is 0.500. The van der Waals surface area contributed by atoms with Crippen LogP contribution in [-0.2, 0) is 29.4 Å². The summed E-state index contributed by atoms with van der Waals surface area (Å²) in [5, 5.41) is 4.79. The van der Waals surface area contributed by atoms with Crippen molar-refractivity contribution in [1.82, 2.24) is 14.4 Å². The number of hydrogen-bond acceptors (Lipinski definition) is 5. The van der Waals surface area contributed by atoms with Crippen LogP contribution in [-0.4, -0.2) is 49.0 Å². The van der Waals surface area contributed by atoms with Crippen LogP contribution in [0, 0.1) is 0 Å². The maximum Gasteiger partial charge on any atom is 0.244 e. The van der Waals surface area contributed by atoms with Crippen molar-refractivity contribution in [3.05, 3.63) is 45.3 Å². The number of aromatic nitrogens is 1. The summed E-state index contributed by atoms with van der Waals surface area (Å²) in [5.41, 5.74) is 2.25. The molecule has 2 aromatic rings. The Morgan fingerprint density at radius 2 is 1.81 bits per heavy atom. The van der Waals surface area contributed by atoms with Crippen LogP contribution in [0.2, 0.25) is 10.0 Å². The van der Waals surface area contributed by atoms with Crippen LogP contribution in [0.4, 0.5) is 0 Å². The Kier molecular flexibility index (Phi) is 5.49. The standard InChI is InChI=1S/C18H21Cl2N3O3S/c19-13-5-6-15(20)18(11-13)27(24,25)23-9-7-22(8-10-23)12-16-14-3-1-2-4-17(14)26-21-16/h5-6,11H,1-4,7-10,12H2. The highest BCUT2D eigenvalue weighted by atomic mass is 35.5. The van der Waals surface area contributed by atoms with E-state index in [0.717, 1.165) is 30.7 Å². The minimum atomic E-state index is -3.66. The van der Waals surface area contributed by atoms with Gasteiger partial charge in [-0.3, -0.25) is 4.90 Å². The number of rotatable bonds is 4. The molecule has 0 unspecified atom stereocenters. The molecule has 146 valence electrons. The molecule has 4 rings (SSSR count). The van der Waals surface area contributed by atoms with E-state index in [0.29, 0.717) is 37.7 Å². The smallest absolute Gasteiger partial charge is 0.244 e. The van der Waals surface area contributed by atoms with Crippen LogP contribution < -0.4 is 0 Å². The summed E-state index contributed by atoms with van der Waals surface area (Å²) in [6.45, 7) is 2.79. The molecule has 0 bridgehead atoms. The van der Waals surface area contributed by atoms with Crippen molar-refractivity contribution in [3.63, 3.8) is 0 Å². The Balaban J connectivity index is 1.43. The Hall–Kier alpha value is -1.12. The van der Waals surface area contributed by atoms with Gasteiger partial charge in [-0.05, 0) is 37.5 Å². The first kappa shape index (κ1) is 19.2. The zero-order valence-corrected chi connectivity index (χ0v) is 17.2. The minimum absolute atomic E-state index is 0.0655. The molecule has 6 nitrogen and oxygen atoms in total. The van der Waals surface area contributed by atoms with E-state index < -0.39 is 10.0 Å². The Morgan fingerprint density at radius 3 is 2.59 bits per heavy atom. The lowest BCUT2D eigenvalue weighted by Crippen LogP contribution is -2.48. The average Bonchev–Trinajstić information content (AvgIpc) is 3.07. The van der Waals surface area contributed by atoms with E-state index in [1.165, 1.54) is 28.4 Å². The van der Waals surface area contributed by atoms with Crippen LogP contribution in [0.15, 0.2) is 27.6 Å². The largest absolute Gasteiger partial charge is 0.361 e. The second-order valence-electron chi connectivity index (χ2n) is 6.99. The van der Waals surface area contributed by atoms with E-state index in [1.807, 2.05) is 0 Å². The lowest BCUT2D eigenvalue weighted by Gasteiger charge is -2.33. The number of piperazine rings is 1. The van der Waals surface area contributed by atoms with Crippen LogP contribution in [0.25, 0.3) is 0 Å². The van der Waals surface area contributed by atoms with Gasteiger partial charge in [0.25, 0.3) is 0 Å². The number of aryl methyl sites for hydroxylation is 1. The van der Waals surface area contributed by atoms with E-state index in [2.05, 4.69) is 10.1 Å². The fourth-order valence-electron chi connectivity index (χ4n) is 3.73. The zero-order chi connectivity index (χ0) is 19.0. The summed E-state index contributed by atoms with van der Waals surface area (Å²) in [5.74, 6) is 1.02. The summed E-state index contributed by atoms with van der Waals surface area (Å²) < 4.78 is 32.8. The minimum Gasteiger partial charge on any atom is -0.361 e. The van der Waals surface area contributed by atoms with Crippen LogP contribution in [0.1, 0.15) is 29.9 Å². The van der Waals surface area contributed by atoms with E-state index >= 15 is 0 Å². The predicted molar refractivity (Wildman–Crippen MR) is 104 cm³/mol. The third-order valence-corrected chi connectivity index (χ3v) is 7.86. The molecular formula is C18H21Cl2N3O3S. The first-order valence-corrected chi connectivity index (χ1v) is 11.3. The number of fused-ring (bicyclic) bond motifs is 1. The summed E-state index contributed by atoms with van der Waals surface area (Å²) >= 11 is 12.1. The van der Waals surface area contributed by atoms with E-state index in [4.69, 9.17) is 27.7 Å². The molecule has 0 amide bonds. The van der Waals surface area contributed by atoms with E-state index in [1.54, 1.807) is 6.07 Å². The Bertz CT molecular complexity index is 937. The molecule has 1 aromatic carbocycles. The lowest BCUT2D eigenvalue weighted by atomic mass is 9.96. The third-order valence-electron chi connectivity index (χ3n) is 5.25. The molecule has 0 saturated carbocycles. The predicted octanol–water partition coefficient (Wildman–Crippen LogP) is 3.37. The number of nitrogens with zero attached hydrogens (tertiary/aromatic N) is 3. The number of halogens is 2. The van der Waals surface area contributed by atoms with Gasteiger partial charge in [0.1, 0.15) is 16.3 Å². The van der Waals surface area contributed by atoms with E-state index in [9.17, 15) is 8.42 Å². The Morgan fingerprint density at radius 1 is 1.07 bits per heavy atom. The summed E-state index contributed by atoms with van der Waals surface area (Å²) in [6.07, 6.45) is 4.32. The SMILES string of the molecule is O=S(=O)(c1cc(Cl)ccc1Cl)N1CCN(Cc2noc3c2CCCC3)CC1. The molecule has 0 radical (unpaired) electrons. The monoisotopic (exact) mass is 429 g/mol. The van der Waals surface area contributed by atoms with Crippen molar-refractivity contribution >= 4 is 33.2 Å². The second kappa shape index (κ2) is 7.72. The number of hydrogen-bond donors (Lipinski definition) is 0. The molecule has 2 heterocycles. The highest BCUT2D eigenvalue weighted by molar-refractivity contribution is 7.89. The van der Waals surface area contributed by atoms with Crippen molar-refractivity contribution in [2.24, 2.45) is 0 Å². The van der Waals surface area contributed by atoms with Gasteiger partial charge in [-0.1, -0.05) is 28.4 Å². The zero-order valence-electron chi connectivity index (χ0n) is 14.8. The molecule has 1 aromatic heterocycles. The average molecular weight is 430 g/mol. The van der Waals surface area contributed by atoms with Gasteiger partial charge in [0.05, 0.1) is 5.02 Å². The van der Waals surface area contributed by atoms with Gasteiger partial charge in [-0.15, -0.1) is 0 Å². The molecule has 1 fully saturated rings. The molecule has 0 spiro atoms. The molecule has 2 aliphatic rings. The van der Waals surface area contributed by atoms with Gasteiger partial charge >= 0.3 is 0 Å². The lowest BCUT2D eigenvalue weighted by molar-refractivity contribution is 0.177. The highest BCUT2D eigenvalue weighted by Gasteiger charge is 2.31. The van der Waals surface area contributed by atoms with Crippen molar-refractivity contribution in [1.29, 1.82) is 0 Å². The first-order valence-electron chi connectivity index (χ1n) is 9.09. The van der Waals surface area contributed by atoms with Crippen LogP contribution in [0.5, 0.6) is 0 Å². The molecule has 1 aliphatic heterocycles. The van der Waals surface area contributed by atoms with Crippen LogP contribution >= 0.6 is 23.2 Å². The van der Waals surface area contributed by atoms with Gasteiger partial charge in [-0.2, -0.15) is 4.31 Å². The van der Waals surface area contributed by atoms with Crippen molar-refractivity contribution in [3.8, 4) is 0 Å². The van der Waals surface area contributed by atoms with Crippen molar-refractivity contribution in [2.45, 2.75) is 37.1 Å². The summed E-state index contributed by atoms with van der Waals surface area (Å²) in [7, 11) is -3.66. The van der Waals surface area contributed by atoms with Gasteiger partial charge in [0.15, 0.2) is 0 Å². The van der Waals surface area contributed by atoms with Gasteiger partial charge in [0.2, 0.25) is 10.0 Å². The van der Waals surface area contributed by atoms with Crippen LogP contribution in [0.3, 0.4) is 0 Å². The molecule has 9 heteroatoms. The Labute approximate surface area is 169 Å². The fourth-order valence-corrected chi connectivity index (χ4v) is 5.89. The molecular weight excluding hydrogens is 409 g/mol. The van der Waals surface area contributed by atoms with E-state index in [-0.39, 0.29) is 9.92 Å². The topological polar surface area (TPSA) is 66.7 Å². The quantitative estimate of drug-likeness (QED) is 0.744. The summed E-state index contributed by atoms with van der Waals surface area (Å²) in [4.78, 5) is 2.29. The molecule has 0 N–H and O–H groups in total. The molecule has 1 aliphatic carbocycles. The normalized spacial score (nSPS) is 19.2. The van der Waals surface area contributed by atoms with Crippen molar-refractivity contribution in [2.75, 3.05) is 26.2 Å². The van der Waals surface area contributed by atoms with Crippen molar-refractivity contribution < 1.29 is 12.9 Å². The van der Waals surface area contributed by atoms with Gasteiger partial charge in [0, 0.05) is 49.7 Å². The third kappa shape index (κ3) is 3.89. The molecule has 1 saturated heterocycles. The number of sulfonamides is 1. The number of benzene rings is 1. The van der Waals surface area contributed by atoms with Gasteiger partial charge in [-0.25, -0.2) is 8.42 Å². The second-order valence-corrected chi connectivity index (χ2v) is 9.74. The summed E-state index contributed by atoms with van der Waals surface area (Å²) in [6, 6.07) is 4.51.